The fourth-order valence-electron chi connectivity index (χ4n) is 1.08. The van der Waals surface area contributed by atoms with Gasteiger partial charge in [-0.2, -0.15) is 5.26 Å². The summed E-state index contributed by atoms with van der Waals surface area (Å²) < 4.78 is 0. The molecule has 1 rings (SSSR count). The molecule has 1 unspecified atom stereocenters. The summed E-state index contributed by atoms with van der Waals surface area (Å²) in [4.78, 5) is 0. The highest BCUT2D eigenvalue weighted by Gasteiger charge is 2.18. The van der Waals surface area contributed by atoms with E-state index < -0.39 is 5.60 Å². The second kappa shape index (κ2) is 4.78. The first-order valence-corrected chi connectivity index (χ1v) is 4.65. The molecule has 1 atom stereocenters. The molecule has 0 heterocycles. The Labute approximate surface area is 88.8 Å². The quantitative estimate of drug-likeness (QED) is 0.678. The van der Waals surface area contributed by atoms with E-state index in [0.717, 1.165) is 0 Å². The Morgan fingerprint density at radius 2 is 2.13 bits per heavy atom. The van der Waals surface area contributed by atoms with Crippen LogP contribution >= 0.6 is 0 Å². The number of aliphatic hydroxyl groups is 2. The van der Waals surface area contributed by atoms with Crippen LogP contribution in [-0.4, -0.2) is 29.0 Å². The lowest BCUT2D eigenvalue weighted by atomic mass is 10.1. The molecule has 15 heavy (non-hydrogen) atoms. The normalized spacial score (nSPS) is 14.0. The summed E-state index contributed by atoms with van der Waals surface area (Å²) in [7, 11) is 0. The molecule has 80 valence electrons. The van der Waals surface area contributed by atoms with E-state index in [2.05, 4.69) is 5.32 Å². The number of benzene rings is 1. The molecular weight excluding hydrogens is 192 g/mol. The molecule has 0 saturated heterocycles. The van der Waals surface area contributed by atoms with E-state index in [0.29, 0.717) is 11.3 Å². The predicted molar refractivity (Wildman–Crippen MR) is 57.4 cm³/mol. The molecule has 1 aromatic rings. The Bertz CT molecular complexity index is 369. The summed E-state index contributed by atoms with van der Waals surface area (Å²) in [6.45, 7) is 1.39. The van der Waals surface area contributed by atoms with Crippen LogP contribution in [0.1, 0.15) is 12.5 Å². The van der Waals surface area contributed by atoms with Gasteiger partial charge in [0.05, 0.1) is 17.9 Å². The maximum absolute atomic E-state index is 9.55. The summed E-state index contributed by atoms with van der Waals surface area (Å²) in [6, 6.07) is 9.06. The minimum Gasteiger partial charge on any atom is -0.393 e. The number of nitrogens with zero attached hydrogens (tertiary/aromatic N) is 1. The van der Waals surface area contributed by atoms with Gasteiger partial charge >= 0.3 is 0 Å². The summed E-state index contributed by atoms with van der Waals surface area (Å²) in [5.74, 6) is 0. The fourth-order valence-corrected chi connectivity index (χ4v) is 1.08. The molecule has 0 amide bonds. The third kappa shape index (κ3) is 3.24. The van der Waals surface area contributed by atoms with Gasteiger partial charge in [0.2, 0.25) is 0 Å². The van der Waals surface area contributed by atoms with Crippen molar-refractivity contribution in [1.82, 2.24) is 0 Å². The van der Waals surface area contributed by atoms with Gasteiger partial charge in [-0.05, 0) is 19.1 Å². The number of anilines is 1. The summed E-state index contributed by atoms with van der Waals surface area (Å²) in [5.41, 5.74) is 0.00251. The fraction of sp³-hybridized carbons (Fsp3) is 0.364. The number of para-hydroxylation sites is 1. The molecule has 1 aromatic carbocycles. The SMILES string of the molecule is CC(O)(CO)CNc1ccccc1C#N. The highest BCUT2D eigenvalue weighted by atomic mass is 16.3. The number of aliphatic hydroxyl groups excluding tert-OH is 1. The summed E-state index contributed by atoms with van der Waals surface area (Å²) in [6.07, 6.45) is 0. The van der Waals surface area contributed by atoms with Crippen molar-refractivity contribution in [3.05, 3.63) is 29.8 Å². The van der Waals surface area contributed by atoms with Gasteiger partial charge in [0, 0.05) is 6.54 Å². The number of hydrogen-bond acceptors (Lipinski definition) is 4. The van der Waals surface area contributed by atoms with Crippen molar-refractivity contribution in [2.24, 2.45) is 0 Å². The van der Waals surface area contributed by atoms with Gasteiger partial charge in [0.25, 0.3) is 0 Å². The largest absolute Gasteiger partial charge is 0.393 e. The number of nitriles is 1. The monoisotopic (exact) mass is 206 g/mol. The van der Waals surface area contributed by atoms with Crippen LogP contribution < -0.4 is 5.32 Å². The summed E-state index contributed by atoms with van der Waals surface area (Å²) >= 11 is 0. The van der Waals surface area contributed by atoms with Gasteiger partial charge in [0.1, 0.15) is 11.7 Å². The van der Waals surface area contributed by atoms with Crippen LogP contribution in [0.25, 0.3) is 0 Å². The van der Waals surface area contributed by atoms with Crippen molar-refractivity contribution in [2.75, 3.05) is 18.5 Å². The van der Waals surface area contributed by atoms with Crippen molar-refractivity contribution in [1.29, 1.82) is 5.26 Å². The number of rotatable bonds is 4. The molecule has 4 nitrogen and oxygen atoms in total. The zero-order valence-electron chi connectivity index (χ0n) is 8.57. The van der Waals surface area contributed by atoms with E-state index in [1.54, 1.807) is 24.3 Å². The Kier molecular flexibility index (Phi) is 3.67. The van der Waals surface area contributed by atoms with Crippen molar-refractivity contribution >= 4 is 5.69 Å². The van der Waals surface area contributed by atoms with E-state index in [4.69, 9.17) is 10.4 Å². The maximum atomic E-state index is 9.55. The first-order chi connectivity index (χ1) is 7.09. The van der Waals surface area contributed by atoms with E-state index in [9.17, 15) is 5.11 Å². The molecular formula is C11H14N2O2. The highest BCUT2D eigenvalue weighted by Crippen LogP contribution is 2.14. The zero-order valence-corrected chi connectivity index (χ0v) is 8.57. The molecule has 0 aliphatic heterocycles. The predicted octanol–water partition coefficient (Wildman–Crippen LogP) is 0.713. The molecule has 0 spiro atoms. The molecule has 0 aromatic heterocycles. The second-order valence-corrected chi connectivity index (χ2v) is 3.67. The van der Waals surface area contributed by atoms with E-state index >= 15 is 0 Å². The number of nitrogens with one attached hydrogen (secondary N) is 1. The Hall–Kier alpha value is -1.57. The third-order valence-corrected chi connectivity index (χ3v) is 2.05. The molecule has 0 radical (unpaired) electrons. The average Bonchev–Trinajstić information content (AvgIpc) is 2.27. The average molecular weight is 206 g/mol. The van der Waals surface area contributed by atoms with Gasteiger partial charge in [-0.15, -0.1) is 0 Å². The van der Waals surface area contributed by atoms with Crippen LogP contribution in [-0.2, 0) is 0 Å². The molecule has 0 aliphatic rings. The van der Waals surface area contributed by atoms with Gasteiger partial charge < -0.3 is 15.5 Å². The van der Waals surface area contributed by atoms with Crippen LogP contribution in [0.4, 0.5) is 5.69 Å². The summed E-state index contributed by atoms with van der Waals surface area (Å²) in [5, 5.41) is 30.1. The molecule has 3 N–H and O–H groups in total. The standard InChI is InChI=1S/C11H14N2O2/c1-11(15,8-14)7-13-10-5-3-2-4-9(10)6-12/h2-5,13-15H,7-8H2,1H3. The van der Waals surface area contributed by atoms with E-state index in [1.165, 1.54) is 6.92 Å². The first kappa shape index (κ1) is 11.5. The Morgan fingerprint density at radius 3 is 2.73 bits per heavy atom. The van der Waals surface area contributed by atoms with Crippen molar-refractivity contribution < 1.29 is 10.2 Å². The topological polar surface area (TPSA) is 76.3 Å². The van der Waals surface area contributed by atoms with Crippen LogP contribution in [0.3, 0.4) is 0 Å². The lowest BCUT2D eigenvalue weighted by Gasteiger charge is -2.21. The van der Waals surface area contributed by atoms with Gasteiger partial charge in [-0.3, -0.25) is 0 Å². The van der Waals surface area contributed by atoms with Crippen LogP contribution in [0.15, 0.2) is 24.3 Å². The third-order valence-electron chi connectivity index (χ3n) is 2.05. The molecule has 0 saturated carbocycles. The Morgan fingerprint density at radius 1 is 1.47 bits per heavy atom. The van der Waals surface area contributed by atoms with Crippen LogP contribution in [0.2, 0.25) is 0 Å². The second-order valence-electron chi connectivity index (χ2n) is 3.67. The first-order valence-electron chi connectivity index (χ1n) is 4.65. The van der Waals surface area contributed by atoms with E-state index in [-0.39, 0.29) is 13.2 Å². The number of hydrogen-bond donors (Lipinski definition) is 3. The Balaban J connectivity index is 2.70. The highest BCUT2D eigenvalue weighted by molar-refractivity contribution is 5.57. The minimum absolute atomic E-state index is 0.197. The van der Waals surface area contributed by atoms with Gasteiger partial charge in [0.15, 0.2) is 0 Å². The maximum Gasteiger partial charge on any atom is 0.102 e. The molecule has 4 heteroatoms. The lowest BCUT2D eigenvalue weighted by Crippen LogP contribution is -2.37. The minimum atomic E-state index is -1.18. The van der Waals surface area contributed by atoms with Crippen molar-refractivity contribution in [3.63, 3.8) is 0 Å². The van der Waals surface area contributed by atoms with Gasteiger partial charge in [-0.1, -0.05) is 12.1 Å². The van der Waals surface area contributed by atoms with E-state index in [1.807, 2.05) is 6.07 Å². The van der Waals surface area contributed by atoms with Gasteiger partial charge in [-0.25, -0.2) is 0 Å². The molecule has 0 bridgehead atoms. The van der Waals surface area contributed by atoms with Crippen molar-refractivity contribution in [3.8, 4) is 6.07 Å². The zero-order chi connectivity index (χ0) is 11.3. The van der Waals surface area contributed by atoms with Crippen molar-refractivity contribution in [2.45, 2.75) is 12.5 Å². The molecule has 0 aliphatic carbocycles. The lowest BCUT2D eigenvalue weighted by molar-refractivity contribution is 0.0132. The molecule has 0 fully saturated rings. The van der Waals surface area contributed by atoms with Crippen LogP contribution in [0, 0.1) is 11.3 Å². The smallest absolute Gasteiger partial charge is 0.102 e. The van der Waals surface area contributed by atoms with Crippen LogP contribution in [0.5, 0.6) is 0 Å².